The highest BCUT2D eigenvalue weighted by Gasteiger charge is 2.53. The highest BCUT2D eigenvalue weighted by atomic mass is 19.1. The molecule has 2 saturated heterocycles. The Kier molecular flexibility index (Phi) is 4.43. The number of aliphatic hydroxyl groups excluding tert-OH is 1. The van der Waals surface area contributed by atoms with E-state index in [9.17, 15) is 23.5 Å². The fourth-order valence-electron chi connectivity index (χ4n) is 4.93. The van der Waals surface area contributed by atoms with Gasteiger partial charge in [-0.15, -0.1) is 0 Å². The van der Waals surface area contributed by atoms with Crippen molar-refractivity contribution in [2.75, 3.05) is 13.1 Å². The highest BCUT2D eigenvalue weighted by Crippen LogP contribution is 2.50. The minimum atomic E-state index is -0.503. The first-order valence-electron chi connectivity index (χ1n) is 10.1. The largest absolute Gasteiger partial charge is 0.456 e. The molecule has 2 amide bonds. The van der Waals surface area contributed by atoms with Crippen LogP contribution in [-0.4, -0.2) is 51.9 Å². The van der Waals surface area contributed by atoms with E-state index in [0.717, 1.165) is 12.1 Å². The van der Waals surface area contributed by atoms with Crippen LogP contribution in [-0.2, 0) is 11.4 Å². The zero-order valence-corrected chi connectivity index (χ0v) is 16.5. The Balaban J connectivity index is 1.24. The topological polar surface area (TPSA) is 74.0 Å². The van der Waals surface area contributed by atoms with Gasteiger partial charge in [0.1, 0.15) is 17.4 Å². The van der Waals surface area contributed by atoms with E-state index >= 15 is 0 Å². The number of carbonyl (C=O) groups is 2. The van der Waals surface area contributed by atoms with Crippen LogP contribution in [0.3, 0.4) is 0 Å². The molecule has 1 saturated carbocycles. The van der Waals surface area contributed by atoms with Crippen LogP contribution in [0.4, 0.5) is 8.78 Å². The van der Waals surface area contributed by atoms with Crippen molar-refractivity contribution in [3.8, 4) is 0 Å². The quantitative estimate of drug-likeness (QED) is 0.832. The number of benzene rings is 1. The second-order valence-electron chi connectivity index (χ2n) is 8.46. The van der Waals surface area contributed by atoms with Gasteiger partial charge in [-0.1, -0.05) is 0 Å². The van der Waals surface area contributed by atoms with Crippen molar-refractivity contribution >= 4 is 11.8 Å². The molecule has 1 aromatic heterocycles. The molecule has 3 heterocycles. The summed E-state index contributed by atoms with van der Waals surface area (Å²) >= 11 is 0. The van der Waals surface area contributed by atoms with Crippen LogP contribution in [0.15, 0.2) is 28.7 Å². The Labute approximate surface area is 172 Å². The average molecular weight is 416 g/mol. The van der Waals surface area contributed by atoms with E-state index in [1.54, 1.807) is 22.8 Å². The summed E-state index contributed by atoms with van der Waals surface area (Å²) in [5, 5.41) is 9.30. The lowest BCUT2D eigenvalue weighted by atomic mass is 10.1. The molecule has 5 rings (SSSR count). The maximum Gasteiger partial charge on any atom is 0.289 e. The van der Waals surface area contributed by atoms with Crippen molar-refractivity contribution < 1.29 is 27.9 Å². The minimum absolute atomic E-state index is 0.0420. The lowest BCUT2D eigenvalue weighted by molar-refractivity contribution is -0.134. The van der Waals surface area contributed by atoms with E-state index in [4.69, 9.17) is 4.42 Å². The Hall–Kier alpha value is -2.74. The molecule has 30 heavy (non-hydrogen) atoms. The average Bonchev–Trinajstić information content (AvgIpc) is 3.06. The van der Waals surface area contributed by atoms with Crippen molar-refractivity contribution in [1.82, 2.24) is 9.80 Å². The van der Waals surface area contributed by atoms with Crippen LogP contribution in [0.25, 0.3) is 0 Å². The summed E-state index contributed by atoms with van der Waals surface area (Å²) in [6, 6.07) is 4.76. The fourth-order valence-corrected chi connectivity index (χ4v) is 4.93. The van der Waals surface area contributed by atoms with Crippen LogP contribution in [0, 0.1) is 24.5 Å². The molecule has 1 aliphatic carbocycles. The number of carbonyl (C=O) groups excluding carboxylic acids is 2. The lowest BCUT2D eigenvalue weighted by Gasteiger charge is -2.34. The van der Waals surface area contributed by atoms with Crippen molar-refractivity contribution in [1.29, 1.82) is 0 Å². The van der Waals surface area contributed by atoms with E-state index in [1.807, 2.05) is 0 Å². The molecule has 0 unspecified atom stereocenters. The van der Waals surface area contributed by atoms with Crippen molar-refractivity contribution in [2.45, 2.75) is 44.4 Å². The van der Waals surface area contributed by atoms with Crippen LogP contribution >= 0.6 is 0 Å². The van der Waals surface area contributed by atoms with Gasteiger partial charge in [-0.2, -0.15) is 0 Å². The number of furan rings is 1. The van der Waals surface area contributed by atoms with E-state index in [-0.39, 0.29) is 53.7 Å². The second-order valence-corrected chi connectivity index (χ2v) is 8.46. The molecule has 2 aromatic rings. The predicted molar refractivity (Wildman–Crippen MR) is 102 cm³/mol. The molecular weight excluding hydrogens is 394 g/mol. The summed E-state index contributed by atoms with van der Waals surface area (Å²) in [6.45, 7) is 2.38. The number of aliphatic hydroxyl groups is 1. The number of halogens is 2. The molecule has 2 aliphatic heterocycles. The lowest BCUT2D eigenvalue weighted by Crippen LogP contribution is -2.51. The van der Waals surface area contributed by atoms with Gasteiger partial charge >= 0.3 is 0 Å². The first kappa shape index (κ1) is 19.2. The van der Waals surface area contributed by atoms with Gasteiger partial charge in [0.15, 0.2) is 5.76 Å². The summed E-state index contributed by atoms with van der Waals surface area (Å²) in [4.78, 5) is 29.3. The first-order chi connectivity index (χ1) is 14.4. The normalized spacial score (nSPS) is 27.1. The van der Waals surface area contributed by atoms with Gasteiger partial charge in [0, 0.05) is 24.6 Å². The number of nitrogens with zero attached hydrogens (tertiary/aromatic N) is 2. The van der Waals surface area contributed by atoms with E-state index in [0.29, 0.717) is 37.3 Å². The minimum Gasteiger partial charge on any atom is -0.456 e. The molecule has 3 aliphatic rings. The van der Waals surface area contributed by atoms with Gasteiger partial charge in [-0.3, -0.25) is 9.59 Å². The van der Waals surface area contributed by atoms with Crippen LogP contribution in [0.2, 0.25) is 0 Å². The monoisotopic (exact) mass is 416 g/mol. The third kappa shape index (κ3) is 3.01. The van der Waals surface area contributed by atoms with Crippen molar-refractivity contribution in [3.63, 3.8) is 0 Å². The number of amides is 2. The summed E-state index contributed by atoms with van der Waals surface area (Å²) in [7, 11) is 0. The maximum atomic E-state index is 14.0. The number of aryl methyl sites for hydroxylation is 1. The zero-order chi connectivity index (χ0) is 21.2. The molecule has 4 atom stereocenters. The maximum absolute atomic E-state index is 14.0. The predicted octanol–water partition coefficient (Wildman–Crippen LogP) is 2.59. The number of rotatable bonds is 4. The SMILES string of the molecule is Cc1oc(C(=O)N2C[C@@H]3C[C@H]2CN3C(=O)[C@@H]2C[C@H]2c2cc(F)ccc2F)cc1CO. The molecule has 1 aromatic carbocycles. The molecule has 3 fully saturated rings. The number of fused-ring (bicyclic) bond motifs is 2. The third-order valence-electron chi connectivity index (χ3n) is 6.65. The zero-order valence-electron chi connectivity index (χ0n) is 16.5. The van der Waals surface area contributed by atoms with E-state index in [2.05, 4.69) is 0 Å². The second kappa shape index (κ2) is 6.91. The van der Waals surface area contributed by atoms with Gasteiger partial charge in [-0.05, 0) is 55.5 Å². The molecule has 0 radical (unpaired) electrons. The molecule has 6 nitrogen and oxygen atoms in total. The standard InChI is InChI=1S/C22H22F2N2O4/c1-11-12(10-27)4-20(30-11)22(29)26-9-14-6-15(26)8-25(14)21(28)18-7-16(18)17-5-13(23)2-3-19(17)24/h2-5,14-16,18,27H,6-10H2,1H3/t14-,15-,16-,18+/m0/s1. The first-order valence-corrected chi connectivity index (χ1v) is 10.1. The molecule has 1 N–H and O–H groups in total. The number of likely N-dealkylation sites (tertiary alicyclic amines) is 2. The molecule has 158 valence electrons. The fraction of sp³-hybridized carbons (Fsp3) is 0.455. The molecule has 2 bridgehead atoms. The third-order valence-corrected chi connectivity index (χ3v) is 6.65. The Bertz CT molecular complexity index is 1040. The van der Waals surface area contributed by atoms with Gasteiger partial charge in [0.2, 0.25) is 5.91 Å². The van der Waals surface area contributed by atoms with E-state index < -0.39 is 11.6 Å². The van der Waals surface area contributed by atoms with Crippen molar-refractivity contribution in [2.24, 2.45) is 5.92 Å². The number of piperazine rings is 1. The molecule has 8 heteroatoms. The summed E-state index contributed by atoms with van der Waals surface area (Å²) in [5.41, 5.74) is 0.853. The van der Waals surface area contributed by atoms with Gasteiger partial charge in [0.05, 0.1) is 18.7 Å². The van der Waals surface area contributed by atoms with Gasteiger partial charge < -0.3 is 19.3 Å². The molecule has 0 spiro atoms. The Morgan fingerprint density at radius 3 is 2.53 bits per heavy atom. The Morgan fingerprint density at radius 1 is 1.13 bits per heavy atom. The molecular formula is C22H22F2N2O4. The smallest absolute Gasteiger partial charge is 0.289 e. The van der Waals surface area contributed by atoms with Gasteiger partial charge in [-0.25, -0.2) is 8.78 Å². The van der Waals surface area contributed by atoms with Crippen molar-refractivity contribution in [3.05, 3.63) is 58.5 Å². The number of hydrogen-bond acceptors (Lipinski definition) is 4. The highest BCUT2D eigenvalue weighted by molar-refractivity contribution is 5.93. The summed E-state index contributed by atoms with van der Waals surface area (Å²) < 4.78 is 33.0. The van der Waals surface area contributed by atoms with Crippen LogP contribution < -0.4 is 0 Å². The van der Waals surface area contributed by atoms with E-state index in [1.165, 1.54) is 6.07 Å². The van der Waals surface area contributed by atoms with Crippen LogP contribution in [0.5, 0.6) is 0 Å². The summed E-state index contributed by atoms with van der Waals surface area (Å²) in [5.74, 6) is -1.15. The van der Waals surface area contributed by atoms with Gasteiger partial charge in [0.25, 0.3) is 5.91 Å². The Morgan fingerprint density at radius 2 is 1.87 bits per heavy atom. The summed E-state index contributed by atoms with van der Waals surface area (Å²) in [6.07, 6.45) is 1.22. The number of hydrogen-bond donors (Lipinski definition) is 1. The van der Waals surface area contributed by atoms with Crippen LogP contribution in [0.1, 0.15) is 46.2 Å².